The SMILES string of the molecule is CN=C(C)NCCNc1ccc(N2CC(CNC(=O)c3ccc(Cl)s3)OC2=O)cc1. The molecular weight excluding hydrogens is 426 g/mol. The first-order valence-electron chi connectivity index (χ1n) is 9.49. The van der Waals surface area contributed by atoms with Gasteiger partial charge in [0.05, 0.1) is 28.1 Å². The summed E-state index contributed by atoms with van der Waals surface area (Å²) in [4.78, 5) is 30.5. The first-order chi connectivity index (χ1) is 14.5. The molecule has 1 aromatic heterocycles. The van der Waals surface area contributed by atoms with Crippen molar-refractivity contribution >= 4 is 52.1 Å². The van der Waals surface area contributed by atoms with E-state index in [0.29, 0.717) is 15.8 Å². The van der Waals surface area contributed by atoms with E-state index in [-0.39, 0.29) is 12.5 Å². The van der Waals surface area contributed by atoms with Gasteiger partial charge in [-0.15, -0.1) is 11.3 Å². The van der Waals surface area contributed by atoms with Crippen LogP contribution in [0.5, 0.6) is 0 Å². The molecule has 3 rings (SSSR count). The molecule has 1 fully saturated rings. The van der Waals surface area contributed by atoms with Crippen LogP contribution in [0, 0.1) is 0 Å². The number of nitrogens with one attached hydrogen (secondary N) is 3. The maximum absolute atomic E-state index is 12.2. The molecule has 3 N–H and O–H groups in total. The van der Waals surface area contributed by atoms with Gasteiger partial charge in [0.1, 0.15) is 6.10 Å². The lowest BCUT2D eigenvalue weighted by molar-refractivity contribution is 0.0920. The molecule has 0 saturated carbocycles. The summed E-state index contributed by atoms with van der Waals surface area (Å²) in [6.45, 7) is 4.03. The Morgan fingerprint density at radius 2 is 2.00 bits per heavy atom. The predicted molar refractivity (Wildman–Crippen MR) is 121 cm³/mol. The van der Waals surface area contributed by atoms with Gasteiger partial charge < -0.3 is 20.7 Å². The Hall–Kier alpha value is -2.78. The van der Waals surface area contributed by atoms with Gasteiger partial charge >= 0.3 is 6.09 Å². The highest BCUT2D eigenvalue weighted by atomic mass is 35.5. The predicted octanol–water partition coefficient (Wildman–Crippen LogP) is 3.21. The standard InChI is InChI=1S/C20H24ClN5O3S/c1-13(22-2)23-9-10-24-14-3-5-15(6-4-14)26-12-16(29-20(26)28)11-25-19(27)17-7-8-18(21)30-17/h3-8,16,24H,9-12H2,1-2H3,(H,22,23)(H,25,27). The van der Waals surface area contributed by atoms with E-state index in [9.17, 15) is 9.59 Å². The van der Waals surface area contributed by atoms with E-state index in [2.05, 4.69) is 20.9 Å². The van der Waals surface area contributed by atoms with Gasteiger partial charge in [0, 0.05) is 31.5 Å². The van der Waals surface area contributed by atoms with E-state index in [4.69, 9.17) is 16.3 Å². The highest BCUT2D eigenvalue weighted by Crippen LogP contribution is 2.24. The Morgan fingerprint density at radius 3 is 2.67 bits per heavy atom. The zero-order valence-corrected chi connectivity index (χ0v) is 18.3. The number of cyclic esters (lactones) is 1. The number of aliphatic imine (C=N–C) groups is 1. The van der Waals surface area contributed by atoms with Gasteiger partial charge in [-0.3, -0.25) is 14.7 Å². The number of thiophene rings is 1. The highest BCUT2D eigenvalue weighted by Gasteiger charge is 2.32. The smallest absolute Gasteiger partial charge is 0.414 e. The van der Waals surface area contributed by atoms with Crippen LogP contribution in [0.4, 0.5) is 16.2 Å². The summed E-state index contributed by atoms with van der Waals surface area (Å²) in [7, 11) is 1.75. The maximum Gasteiger partial charge on any atom is 0.414 e. The van der Waals surface area contributed by atoms with Gasteiger partial charge in [0.25, 0.3) is 5.91 Å². The van der Waals surface area contributed by atoms with Gasteiger partial charge in [-0.1, -0.05) is 11.6 Å². The molecule has 0 spiro atoms. The lowest BCUT2D eigenvalue weighted by Gasteiger charge is -2.14. The summed E-state index contributed by atoms with van der Waals surface area (Å²) in [5.41, 5.74) is 1.70. The van der Waals surface area contributed by atoms with Crippen LogP contribution in [0.1, 0.15) is 16.6 Å². The number of anilines is 2. The van der Waals surface area contributed by atoms with E-state index in [1.165, 1.54) is 11.3 Å². The number of benzene rings is 1. The first-order valence-corrected chi connectivity index (χ1v) is 10.7. The number of amides is 2. The third-order valence-corrected chi connectivity index (χ3v) is 5.74. The first kappa shape index (κ1) is 21.9. The van der Waals surface area contributed by atoms with E-state index in [1.807, 2.05) is 31.2 Å². The molecule has 0 bridgehead atoms. The molecule has 30 heavy (non-hydrogen) atoms. The average molecular weight is 450 g/mol. The lowest BCUT2D eigenvalue weighted by atomic mass is 10.2. The van der Waals surface area contributed by atoms with Crippen LogP contribution in [0.3, 0.4) is 0 Å². The molecule has 1 aliphatic heterocycles. The van der Waals surface area contributed by atoms with E-state index < -0.39 is 12.2 Å². The largest absolute Gasteiger partial charge is 0.442 e. The van der Waals surface area contributed by atoms with Gasteiger partial charge in [0.15, 0.2) is 0 Å². The summed E-state index contributed by atoms with van der Waals surface area (Å²) in [5, 5.41) is 9.27. The molecule has 2 amide bonds. The molecule has 1 aliphatic rings. The third-order valence-electron chi connectivity index (χ3n) is 4.51. The van der Waals surface area contributed by atoms with Crippen LogP contribution >= 0.6 is 22.9 Å². The number of hydrogen-bond donors (Lipinski definition) is 3. The Bertz CT molecular complexity index is 915. The van der Waals surface area contributed by atoms with Crippen LogP contribution in [-0.4, -0.2) is 57.2 Å². The van der Waals surface area contributed by atoms with Crippen molar-refractivity contribution in [2.24, 2.45) is 4.99 Å². The summed E-state index contributed by atoms with van der Waals surface area (Å²) in [6.07, 6.45) is -0.836. The monoisotopic (exact) mass is 449 g/mol. The summed E-state index contributed by atoms with van der Waals surface area (Å²) >= 11 is 7.06. The fraction of sp³-hybridized carbons (Fsp3) is 0.350. The number of halogens is 1. The second kappa shape index (κ2) is 10.3. The molecule has 0 aliphatic carbocycles. The highest BCUT2D eigenvalue weighted by molar-refractivity contribution is 7.18. The van der Waals surface area contributed by atoms with Crippen LogP contribution in [0.25, 0.3) is 0 Å². The molecular formula is C20H24ClN5O3S. The molecule has 1 saturated heterocycles. The van der Waals surface area contributed by atoms with Crippen molar-refractivity contribution < 1.29 is 14.3 Å². The Morgan fingerprint density at radius 1 is 1.23 bits per heavy atom. The van der Waals surface area contributed by atoms with Crippen LogP contribution < -0.4 is 20.9 Å². The minimum atomic E-state index is -0.423. The van der Waals surface area contributed by atoms with Crippen molar-refractivity contribution in [2.75, 3.05) is 43.4 Å². The zero-order valence-electron chi connectivity index (χ0n) is 16.8. The second-order valence-corrected chi connectivity index (χ2v) is 8.35. The number of carbonyl (C=O) groups excluding carboxylic acids is 2. The molecule has 1 aromatic carbocycles. The molecule has 1 atom stereocenters. The third kappa shape index (κ3) is 5.87. The minimum Gasteiger partial charge on any atom is -0.442 e. The summed E-state index contributed by atoms with van der Waals surface area (Å²) in [6, 6.07) is 10.9. The van der Waals surface area contributed by atoms with Crippen molar-refractivity contribution in [2.45, 2.75) is 13.0 Å². The number of nitrogens with zero attached hydrogens (tertiary/aromatic N) is 2. The lowest BCUT2D eigenvalue weighted by Crippen LogP contribution is -2.34. The van der Waals surface area contributed by atoms with Gasteiger partial charge in [-0.25, -0.2) is 4.79 Å². The van der Waals surface area contributed by atoms with Crippen molar-refractivity contribution in [3.8, 4) is 0 Å². The van der Waals surface area contributed by atoms with Crippen LogP contribution in [0.2, 0.25) is 4.34 Å². The molecule has 160 valence electrons. The van der Waals surface area contributed by atoms with Crippen molar-refractivity contribution in [1.82, 2.24) is 10.6 Å². The summed E-state index contributed by atoms with van der Waals surface area (Å²) in [5.74, 6) is 0.663. The Labute approximate surface area is 184 Å². The molecule has 2 heterocycles. The van der Waals surface area contributed by atoms with Gasteiger partial charge in [-0.2, -0.15) is 0 Å². The molecule has 10 heteroatoms. The quantitative estimate of drug-likeness (QED) is 0.327. The normalized spacial score (nSPS) is 16.4. The number of hydrogen-bond acceptors (Lipinski definition) is 6. The fourth-order valence-corrected chi connectivity index (χ4v) is 3.82. The minimum absolute atomic E-state index is 0.230. The number of ether oxygens (including phenoxy) is 1. The fourth-order valence-electron chi connectivity index (χ4n) is 2.86. The molecule has 2 aromatic rings. The second-order valence-electron chi connectivity index (χ2n) is 6.64. The van der Waals surface area contributed by atoms with Crippen molar-refractivity contribution in [3.63, 3.8) is 0 Å². The van der Waals surface area contributed by atoms with Crippen molar-refractivity contribution in [1.29, 1.82) is 0 Å². The Balaban J connectivity index is 1.46. The topological polar surface area (TPSA) is 95.1 Å². The molecule has 1 unspecified atom stereocenters. The van der Waals surface area contributed by atoms with E-state index in [1.54, 1.807) is 24.1 Å². The number of amidine groups is 1. The maximum atomic E-state index is 12.2. The van der Waals surface area contributed by atoms with Crippen LogP contribution in [-0.2, 0) is 4.74 Å². The Kier molecular flexibility index (Phi) is 7.53. The van der Waals surface area contributed by atoms with Crippen molar-refractivity contribution in [3.05, 3.63) is 45.6 Å². The molecule has 0 radical (unpaired) electrons. The summed E-state index contributed by atoms with van der Waals surface area (Å²) < 4.78 is 5.93. The van der Waals surface area contributed by atoms with E-state index >= 15 is 0 Å². The number of rotatable bonds is 8. The van der Waals surface area contributed by atoms with Gasteiger partial charge in [0.2, 0.25) is 0 Å². The van der Waals surface area contributed by atoms with Gasteiger partial charge in [-0.05, 0) is 43.3 Å². The average Bonchev–Trinajstić information content (AvgIpc) is 3.35. The zero-order chi connectivity index (χ0) is 21.5. The number of carbonyl (C=O) groups is 2. The van der Waals surface area contributed by atoms with Crippen LogP contribution in [0.15, 0.2) is 41.4 Å². The molecule has 8 nitrogen and oxygen atoms in total. The van der Waals surface area contributed by atoms with E-state index in [0.717, 1.165) is 30.3 Å².